The molecule has 20 heavy (non-hydrogen) atoms. The van der Waals surface area contributed by atoms with Crippen molar-refractivity contribution in [3.8, 4) is 0 Å². The maximum Gasteiger partial charge on any atom is 0.227 e. The standard InChI is InChI=1S/C16H23FN2O/c1-2-5-12(10-18)16(20)19(14-8-9-14)11-13-6-3-4-7-15(13)17/h3-4,6-7,12,14H,2,5,8-11,18H2,1H3. The van der Waals surface area contributed by atoms with Gasteiger partial charge in [0.15, 0.2) is 0 Å². The van der Waals surface area contributed by atoms with Crippen molar-refractivity contribution in [3.05, 3.63) is 35.6 Å². The molecule has 1 aromatic carbocycles. The van der Waals surface area contributed by atoms with Crippen molar-refractivity contribution in [2.45, 2.75) is 45.2 Å². The highest BCUT2D eigenvalue weighted by Crippen LogP contribution is 2.30. The number of carbonyl (C=O) groups excluding carboxylic acids is 1. The monoisotopic (exact) mass is 278 g/mol. The van der Waals surface area contributed by atoms with Gasteiger partial charge in [0.2, 0.25) is 5.91 Å². The van der Waals surface area contributed by atoms with Crippen LogP contribution >= 0.6 is 0 Å². The van der Waals surface area contributed by atoms with E-state index in [1.54, 1.807) is 18.2 Å². The molecule has 1 atom stereocenters. The van der Waals surface area contributed by atoms with Gasteiger partial charge in [-0.05, 0) is 25.3 Å². The lowest BCUT2D eigenvalue weighted by Gasteiger charge is -2.27. The van der Waals surface area contributed by atoms with E-state index in [1.807, 2.05) is 11.8 Å². The summed E-state index contributed by atoms with van der Waals surface area (Å²) in [5.74, 6) is -0.293. The molecule has 3 nitrogen and oxygen atoms in total. The number of hydrogen-bond donors (Lipinski definition) is 1. The third kappa shape index (κ3) is 3.57. The molecule has 1 saturated carbocycles. The summed E-state index contributed by atoms with van der Waals surface area (Å²) in [5, 5.41) is 0. The Labute approximate surface area is 120 Å². The zero-order chi connectivity index (χ0) is 14.5. The van der Waals surface area contributed by atoms with Gasteiger partial charge in [0.25, 0.3) is 0 Å². The Morgan fingerprint density at radius 3 is 2.70 bits per heavy atom. The predicted octanol–water partition coefficient (Wildman–Crippen LogP) is 2.69. The van der Waals surface area contributed by atoms with Crippen LogP contribution in [0.25, 0.3) is 0 Å². The molecule has 1 aromatic rings. The van der Waals surface area contributed by atoms with Crippen LogP contribution in [0.5, 0.6) is 0 Å². The Hall–Kier alpha value is -1.42. The van der Waals surface area contributed by atoms with Crippen LogP contribution in [-0.2, 0) is 11.3 Å². The second-order valence-electron chi connectivity index (χ2n) is 5.51. The van der Waals surface area contributed by atoms with Gasteiger partial charge in [-0.1, -0.05) is 31.5 Å². The van der Waals surface area contributed by atoms with E-state index in [1.165, 1.54) is 6.07 Å². The van der Waals surface area contributed by atoms with Gasteiger partial charge in [0.1, 0.15) is 5.82 Å². The first kappa shape index (κ1) is 15.0. The summed E-state index contributed by atoms with van der Waals surface area (Å²) in [4.78, 5) is 14.4. The summed E-state index contributed by atoms with van der Waals surface area (Å²) in [6.07, 6.45) is 3.77. The first-order valence-electron chi connectivity index (χ1n) is 7.41. The summed E-state index contributed by atoms with van der Waals surface area (Å²) in [6, 6.07) is 6.93. The molecule has 0 aromatic heterocycles. The van der Waals surface area contributed by atoms with Gasteiger partial charge in [-0.25, -0.2) is 4.39 Å². The second kappa shape index (κ2) is 6.84. The lowest BCUT2D eigenvalue weighted by atomic mass is 10.0. The second-order valence-corrected chi connectivity index (χ2v) is 5.51. The molecule has 0 heterocycles. The lowest BCUT2D eigenvalue weighted by molar-refractivity contribution is -0.136. The van der Waals surface area contributed by atoms with Crippen LogP contribution in [-0.4, -0.2) is 23.4 Å². The highest BCUT2D eigenvalue weighted by Gasteiger charge is 2.35. The molecule has 0 radical (unpaired) electrons. The summed E-state index contributed by atoms with van der Waals surface area (Å²) >= 11 is 0. The van der Waals surface area contributed by atoms with Gasteiger partial charge in [0, 0.05) is 24.7 Å². The fourth-order valence-electron chi connectivity index (χ4n) is 2.51. The Morgan fingerprint density at radius 2 is 2.15 bits per heavy atom. The minimum atomic E-state index is -0.245. The van der Waals surface area contributed by atoms with Gasteiger partial charge >= 0.3 is 0 Å². The van der Waals surface area contributed by atoms with E-state index in [9.17, 15) is 9.18 Å². The molecule has 1 aliphatic carbocycles. The molecule has 1 fully saturated rings. The number of nitrogens with zero attached hydrogens (tertiary/aromatic N) is 1. The number of nitrogens with two attached hydrogens (primary N) is 1. The van der Waals surface area contributed by atoms with Gasteiger partial charge < -0.3 is 10.6 Å². The molecule has 4 heteroatoms. The third-order valence-corrected chi connectivity index (χ3v) is 3.84. The van der Waals surface area contributed by atoms with E-state index in [-0.39, 0.29) is 23.7 Å². The van der Waals surface area contributed by atoms with Crippen molar-refractivity contribution in [2.24, 2.45) is 11.7 Å². The molecule has 0 bridgehead atoms. The average Bonchev–Trinajstić information content (AvgIpc) is 3.27. The fourth-order valence-corrected chi connectivity index (χ4v) is 2.51. The molecule has 1 unspecified atom stereocenters. The highest BCUT2D eigenvalue weighted by molar-refractivity contribution is 5.79. The predicted molar refractivity (Wildman–Crippen MR) is 77.4 cm³/mol. The molecule has 0 spiro atoms. The van der Waals surface area contributed by atoms with Gasteiger partial charge in [-0.3, -0.25) is 4.79 Å². The quantitative estimate of drug-likeness (QED) is 0.833. The molecular formula is C16H23FN2O. The summed E-state index contributed by atoms with van der Waals surface area (Å²) in [5.41, 5.74) is 6.30. The zero-order valence-electron chi connectivity index (χ0n) is 12.0. The van der Waals surface area contributed by atoms with Crippen LogP contribution in [0.4, 0.5) is 4.39 Å². The molecule has 0 saturated heterocycles. The van der Waals surface area contributed by atoms with Crippen LogP contribution in [0.2, 0.25) is 0 Å². The van der Waals surface area contributed by atoms with Crippen LogP contribution in [0, 0.1) is 11.7 Å². The van der Waals surface area contributed by atoms with Crippen molar-refractivity contribution in [1.82, 2.24) is 4.90 Å². The van der Waals surface area contributed by atoms with E-state index >= 15 is 0 Å². The number of carbonyl (C=O) groups is 1. The largest absolute Gasteiger partial charge is 0.335 e. The molecule has 1 aliphatic rings. The summed E-state index contributed by atoms with van der Waals surface area (Å²) in [6.45, 7) is 2.78. The van der Waals surface area contributed by atoms with Crippen LogP contribution in [0.15, 0.2) is 24.3 Å². The van der Waals surface area contributed by atoms with Gasteiger partial charge in [-0.15, -0.1) is 0 Å². The molecular weight excluding hydrogens is 255 g/mol. The van der Waals surface area contributed by atoms with E-state index in [4.69, 9.17) is 5.73 Å². The van der Waals surface area contributed by atoms with Crippen molar-refractivity contribution in [3.63, 3.8) is 0 Å². The number of amides is 1. The first-order chi connectivity index (χ1) is 9.67. The zero-order valence-corrected chi connectivity index (χ0v) is 12.0. The van der Waals surface area contributed by atoms with Crippen LogP contribution < -0.4 is 5.73 Å². The van der Waals surface area contributed by atoms with Crippen molar-refractivity contribution in [2.75, 3.05) is 6.54 Å². The van der Waals surface area contributed by atoms with Crippen molar-refractivity contribution < 1.29 is 9.18 Å². The Morgan fingerprint density at radius 1 is 1.45 bits per heavy atom. The minimum absolute atomic E-state index is 0.0834. The smallest absolute Gasteiger partial charge is 0.227 e. The minimum Gasteiger partial charge on any atom is -0.335 e. The molecule has 2 N–H and O–H groups in total. The summed E-state index contributed by atoms with van der Waals surface area (Å²) in [7, 11) is 0. The first-order valence-corrected chi connectivity index (χ1v) is 7.41. The fraction of sp³-hybridized carbons (Fsp3) is 0.562. The van der Waals surface area contributed by atoms with Gasteiger partial charge in [-0.2, -0.15) is 0 Å². The molecule has 0 aliphatic heterocycles. The van der Waals surface area contributed by atoms with E-state index in [0.29, 0.717) is 18.7 Å². The van der Waals surface area contributed by atoms with E-state index in [0.717, 1.165) is 25.7 Å². The van der Waals surface area contributed by atoms with Gasteiger partial charge in [0.05, 0.1) is 5.92 Å². The Balaban J connectivity index is 2.11. The number of halogens is 1. The van der Waals surface area contributed by atoms with Crippen LogP contribution in [0.3, 0.4) is 0 Å². The number of hydrogen-bond acceptors (Lipinski definition) is 2. The normalized spacial score (nSPS) is 15.9. The highest BCUT2D eigenvalue weighted by atomic mass is 19.1. The SMILES string of the molecule is CCCC(CN)C(=O)N(Cc1ccccc1F)C1CC1. The number of benzene rings is 1. The molecule has 1 amide bonds. The van der Waals surface area contributed by atoms with Crippen LogP contribution in [0.1, 0.15) is 38.2 Å². The average molecular weight is 278 g/mol. The Kier molecular flexibility index (Phi) is 5.12. The Bertz CT molecular complexity index is 460. The topological polar surface area (TPSA) is 46.3 Å². The summed E-state index contributed by atoms with van der Waals surface area (Å²) < 4.78 is 13.8. The van der Waals surface area contributed by atoms with Crippen molar-refractivity contribution >= 4 is 5.91 Å². The maximum atomic E-state index is 13.8. The number of rotatable bonds is 7. The van der Waals surface area contributed by atoms with Crippen molar-refractivity contribution in [1.29, 1.82) is 0 Å². The van der Waals surface area contributed by atoms with E-state index in [2.05, 4.69) is 0 Å². The maximum absolute atomic E-state index is 13.8. The van der Waals surface area contributed by atoms with E-state index < -0.39 is 0 Å². The lowest BCUT2D eigenvalue weighted by Crippen LogP contribution is -2.40. The third-order valence-electron chi connectivity index (χ3n) is 3.84. The molecule has 110 valence electrons. The molecule has 2 rings (SSSR count).